The maximum atomic E-state index is 12.7. The molecule has 2 aromatic rings. The van der Waals surface area contributed by atoms with Crippen LogP contribution < -0.4 is 4.74 Å². The van der Waals surface area contributed by atoms with Crippen LogP contribution in [0.2, 0.25) is 0 Å². The normalized spacial score (nSPS) is 10.3. The van der Waals surface area contributed by atoms with E-state index < -0.39 is 0 Å². The quantitative estimate of drug-likeness (QED) is 0.599. The lowest BCUT2D eigenvalue weighted by molar-refractivity contribution is -0.144. The first-order chi connectivity index (χ1) is 13.1. The van der Waals surface area contributed by atoms with Crippen molar-refractivity contribution < 1.29 is 19.1 Å². The molecule has 0 aliphatic rings. The van der Waals surface area contributed by atoms with Gasteiger partial charge in [0.15, 0.2) is 0 Å². The van der Waals surface area contributed by atoms with E-state index in [4.69, 9.17) is 9.47 Å². The van der Waals surface area contributed by atoms with Crippen molar-refractivity contribution in [3.05, 3.63) is 65.7 Å². The standard InChI is InChI=1S/C22H27NO4/c1-3-26-22(25)13-15-23(17-19-11-9-18(2)10-12-19)21(24)14-16-27-20-7-5-4-6-8-20/h4-12H,3,13-17H2,1-2H3. The number of nitrogens with zero attached hydrogens (tertiary/aromatic N) is 1. The van der Waals surface area contributed by atoms with Crippen LogP contribution in [0.5, 0.6) is 5.75 Å². The number of amides is 1. The van der Waals surface area contributed by atoms with Crippen molar-refractivity contribution in [2.24, 2.45) is 0 Å². The van der Waals surface area contributed by atoms with Gasteiger partial charge in [0.05, 0.1) is 26.1 Å². The molecule has 0 saturated heterocycles. The fourth-order valence-electron chi connectivity index (χ4n) is 2.60. The summed E-state index contributed by atoms with van der Waals surface area (Å²) in [7, 11) is 0. The number of rotatable bonds is 10. The van der Waals surface area contributed by atoms with Gasteiger partial charge in [-0.1, -0.05) is 48.0 Å². The van der Waals surface area contributed by atoms with E-state index in [1.807, 2.05) is 61.5 Å². The Morgan fingerprint density at radius 1 is 0.963 bits per heavy atom. The van der Waals surface area contributed by atoms with Crippen LogP contribution in [0.25, 0.3) is 0 Å². The zero-order valence-corrected chi connectivity index (χ0v) is 16.0. The molecule has 0 aliphatic carbocycles. The monoisotopic (exact) mass is 369 g/mol. The van der Waals surface area contributed by atoms with Gasteiger partial charge >= 0.3 is 5.97 Å². The predicted molar refractivity (Wildman–Crippen MR) is 104 cm³/mol. The molecule has 0 N–H and O–H groups in total. The second-order valence-corrected chi connectivity index (χ2v) is 6.27. The number of hydrogen-bond acceptors (Lipinski definition) is 4. The molecule has 2 aromatic carbocycles. The SMILES string of the molecule is CCOC(=O)CCN(Cc1ccc(C)cc1)C(=O)CCOc1ccccc1. The molecule has 0 fully saturated rings. The van der Waals surface area contributed by atoms with Gasteiger partial charge in [-0.2, -0.15) is 0 Å². The lowest BCUT2D eigenvalue weighted by Gasteiger charge is -2.23. The zero-order chi connectivity index (χ0) is 19.5. The van der Waals surface area contributed by atoms with E-state index in [-0.39, 0.29) is 24.7 Å². The zero-order valence-electron chi connectivity index (χ0n) is 16.0. The highest BCUT2D eigenvalue weighted by Crippen LogP contribution is 2.11. The van der Waals surface area contributed by atoms with E-state index >= 15 is 0 Å². The molecule has 0 heterocycles. The van der Waals surface area contributed by atoms with Gasteiger partial charge in [-0.3, -0.25) is 9.59 Å². The second-order valence-electron chi connectivity index (χ2n) is 6.27. The van der Waals surface area contributed by atoms with Gasteiger partial charge in [0.25, 0.3) is 0 Å². The van der Waals surface area contributed by atoms with Gasteiger partial charge in [0, 0.05) is 13.1 Å². The average molecular weight is 369 g/mol. The highest BCUT2D eigenvalue weighted by Gasteiger charge is 2.16. The molecule has 5 nitrogen and oxygen atoms in total. The first kappa shape index (κ1) is 20.5. The van der Waals surface area contributed by atoms with E-state index in [1.54, 1.807) is 11.8 Å². The third-order valence-electron chi connectivity index (χ3n) is 4.07. The van der Waals surface area contributed by atoms with Crippen molar-refractivity contribution >= 4 is 11.9 Å². The molecule has 0 radical (unpaired) electrons. The Hall–Kier alpha value is -2.82. The third-order valence-corrected chi connectivity index (χ3v) is 4.07. The minimum absolute atomic E-state index is 0.0456. The second kappa shape index (κ2) is 11.0. The molecule has 0 unspecified atom stereocenters. The van der Waals surface area contributed by atoms with Gasteiger partial charge in [0.1, 0.15) is 5.75 Å². The van der Waals surface area contributed by atoms with Crippen LogP contribution in [-0.2, 0) is 20.9 Å². The van der Waals surface area contributed by atoms with E-state index in [9.17, 15) is 9.59 Å². The highest BCUT2D eigenvalue weighted by molar-refractivity contribution is 5.77. The molecule has 0 saturated carbocycles. The molecule has 1 amide bonds. The highest BCUT2D eigenvalue weighted by atomic mass is 16.5. The smallest absolute Gasteiger partial charge is 0.307 e. The summed E-state index contributed by atoms with van der Waals surface area (Å²) >= 11 is 0. The van der Waals surface area contributed by atoms with Crippen LogP contribution in [0, 0.1) is 6.92 Å². The van der Waals surface area contributed by atoms with E-state index in [1.165, 1.54) is 5.56 Å². The lowest BCUT2D eigenvalue weighted by Crippen LogP contribution is -2.33. The van der Waals surface area contributed by atoms with Crippen LogP contribution >= 0.6 is 0 Å². The number of carbonyl (C=O) groups excluding carboxylic acids is 2. The number of esters is 1. The number of benzene rings is 2. The molecule has 0 aliphatic heterocycles. The van der Waals surface area contributed by atoms with Crippen LogP contribution in [0.1, 0.15) is 30.9 Å². The van der Waals surface area contributed by atoms with Crippen LogP contribution in [0.15, 0.2) is 54.6 Å². The summed E-state index contributed by atoms with van der Waals surface area (Å²) < 4.78 is 10.6. The first-order valence-corrected chi connectivity index (χ1v) is 9.25. The van der Waals surface area contributed by atoms with Crippen molar-refractivity contribution in [3.63, 3.8) is 0 Å². The number of ether oxygens (including phenoxy) is 2. The largest absolute Gasteiger partial charge is 0.493 e. The van der Waals surface area contributed by atoms with Crippen LogP contribution in [0.4, 0.5) is 0 Å². The molecular formula is C22H27NO4. The fourth-order valence-corrected chi connectivity index (χ4v) is 2.60. The summed E-state index contributed by atoms with van der Waals surface area (Å²) in [6, 6.07) is 17.4. The molecule has 144 valence electrons. The van der Waals surface area contributed by atoms with Crippen molar-refractivity contribution in [2.75, 3.05) is 19.8 Å². The lowest BCUT2D eigenvalue weighted by atomic mass is 10.1. The summed E-state index contributed by atoms with van der Waals surface area (Å²) in [5.74, 6) is 0.400. The molecule has 0 spiro atoms. The molecule has 5 heteroatoms. The number of hydrogen-bond donors (Lipinski definition) is 0. The molecule has 0 atom stereocenters. The van der Waals surface area contributed by atoms with Gasteiger partial charge in [0.2, 0.25) is 5.91 Å². The van der Waals surface area contributed by atoms with Gasteiger partial charge < -0.3 is 14.4 Å². The van der Waals surface area contributed by atoms with E-state index in [2.05, 4.69) is 0 Å². The summed E-state index contributed by atoms with van der Waals surface area (Å²) in [5, 5.41) is 0. The minimum atomic E-state index is -0.292. The van der Waals surface area contributed by atoms with Crippen LogP contribution in [-0.4, -0.2) is 36.5 Å². The van der Waals surface area contributed by atoms with E-state index in [0.29, 0.717) is 26.3 Å². The maximum absolute atomic E-state index is 12.7. The Balaban J connectivity index is 1.93. The topological polar surface area (TPSA) is 55.8 Å². The summed E-state index contributed by atoms with van der Waals surface area (Å²) in [6.07, 6.45) is 0.439. The van der Waals surface area contributed by atoms with Gasteiger partial charge in [-0.05, 0) is 31.5 Å². The van der Waals surface area contributed by atoms with Crippen molar-refractivity contribution in [1.29, 1.82) is 0 Å². The Kier molecular flexibility index (Phi) is 8.36. The number of aryl methyl sites for hydroxylation is 1. The molecule has 0 aromatic heterocycles. The Morgan fingerprint density at radius 3 is 2.33 bits per heavy atom. The Bertz CT molecular complexity index is 713. The predicted octanol–water partition coefficient (Wildman–Crippen LogP) is 3.75. The summed E-state index contributed by atoms with van der Waals surface area (Å²) in [4.78, 5) is 26.0. The summed E-state index contributed by atoms with van der Waals surface area (Å²) in [6.45, 7) is 5.23. The third kappa shape index (κ3) is 7.52. The number of para-hydroxylation sites is 1. The number of carbonyl (C=O) groups is 2. The summed E-state index contributed by atoms with van der Waals surface area (Å²) in [5.41, 5.74) is 2.20. The maximum Gasteiger partial charge on any atom is 0.307 e. The molecule has 0 bridgehead atoms. The first-order valence-electron chi connectivity index (χ1n) is 9.25. The van der Waals surface area contributed by atoms with E-state index in [0.717, 1.165) is 11.3 Å². The van der Waals surface area contributed by atoms with Crippen LogP contribution in [0.3, 0.4) is 0 Å². The fraction of sp³-hybridized carbons (Fsp3) is 0.364. The molecular weight excluding hydrogens is 342 g/mol. The average Bonchev–Trinajstić information content (AvgIpc) is 2.67. The van der Waals surface area contributed by atoms with Crippen molar-refractivity contribution in [2.45, 2.75) is 33.2 Å². The molecule has 2 rings (SSSR count). The Morgan fingerprint density at radius 2 is 1.67 bits per heavy atom. The van der Waals surface area contributed by atoms with Crippen molar-refractivity contribution in [1.82, 2.24) is 4.90 Å². The van der Waals surface area contributed by atoms with Gasteiger partial charge in [-0.15, -0.1) is 0 Å². The van der Waals surface area contributed by atoms with Crippen molar-refractivity contribution in [3.8, 4) is 5.75 Å². The van der Waals surface area contributed by atoms with Gasteiger partial charge in [-0.25, -0.2) is 0 Å². The minimum Gasteiger partial charge on any atom is -0.493 e. The molecule has 27 heavy (non-hydrogen) atoms. The Labute approximate surface area is 160 Å².